The van der Waals surface area contributed by atoms with Gasteiger partial charge in [0.15, 0.2) is 0 Å². The largest absolute Gasteiger partial charge is 0.461 e. The Morgan fingerprint density at radius 2 is 1.85 bits per heavy atom. The molecule has 0 spiro atoms. The summed E-state index contributed by atoms with van der Waals surface area (Å²) in [5.74, 6) is 1.31. The lowest BCUT2D eigenvalue weighted by atomic mass is 9.95. The topological polar surface area (TPSA) is 39.2 Å². The quantitative estimate of drug-likeness (QED) is 0.773. The fourth-order valence-electron chi connectivity index (χ4n) is 2.67. The third-order valence-electron chi connectivity index (χ3n) is 3.80. The van der Waals surface area contributed by atoms with Crippen LogP contribution in [0.2, 0.25) is 0 Å². The van der Waals surface area contributed by atoms with E-state index >= 15 is 0 Å². The minimum absolute atomic E-state index is 0.303. The number of hydrogen-bond donors (Lipinski definition) is 1. The van der Waals surface area contributed by atoms with Crippen LogP contribution in [-0.4, -0.2) is 6.54 Å². The van der Waals surface area contributed by atoms with E-state index < -0.39 is 0 Å². The van der Waals surface area contributed by atoms with Crippen molar-refractivity contribution in [3.8, 4) is 0 Å². The highest BCUT2D eigenvalue weighted by molar-refractivity contribution is 5.80. The van der Waals surface area contributed by atoms with E-state index in [4.69, 9.17) is 10.2 Å². The monoisotopic (exact) mass is 265 g/mol. The number of hydrogen-bond acceptors (Lipinski definition) is 2. The normalized spacial score (nSPS) is 12.7. The summed E-state index contributed by atoms with van der Waals surface area (Å²) in [6.07, 6.45) is 0.842. The van der Waals surface area contributed by atoms with Crippen LogP contribution in [-0.2, 0) is 6.42 Å². The summed E-state index contributed by atoms with van der Waals surface area (Å²) in [6, 6.07) is 18.8. The van der Waals surface area contributed by atoms with Crippen LogP contribution in [0.4, 0.5) is 0 Å². The van der Waals surface area contributed by atoms with Crippen molar-refractivity contribution < 1.29 is 4.42 Å². The van der Waals surface area contributed by atoms with Gasteiger partial charge in [-0.1, -0.05) is 48.5 Å². The van der Waals surface area contributed by atoms with Gasteiger partial charge in [-0.05, 0) is 30.7 Å². The van der Waals surface area contributed by atoms with Gasteiger partial charge in [-0.25, -0.2) is 0 Å². The molecule has 2 N–H and O–H groups in total. The fraction of sp³-hybridized carbons (Fsp3) is 0.222. The number of furan rings is 1. The van der Waals surface area contributed by atoms with Crippen LogP contribution in [0.1, 0.15) is 22.8 Å². The van der Waals surface area contributed by atoms with Gasteiger partial charge in [-0.15, -0.1) is 0 Å². The molecule has 1 aromatic heterocycles. The second-order valence-electron chi connectivity index (χ2n) is 5.25. The van der Waals surface area contributed by atoms with Crippen LogP contribution in [0, 0.1) is 6.92 Å². The van der Waals surface area contributed by atoms with Crippen molar-refractivity contribution in [1.82, 2.24) is 0 Å². The van der Waals surface area contributed by atoms with E-state index in [2.05, 4.69) is 55.5 Å². The van der Waals surface area contributed by atoms with Crippen molar-refractivity contribution in [2.75, 3.05) is 6.54 Å². The molecule has 3 aromatic rings. The zero-order chi connectivity index (χ0) is 13.9. The minimum atomic E-state index is 0.303. The standard InChI is InChI=1S/C18H19NO/c1-13-6-5-9-15-10-17(20-18(13)15)11-16(12-19)14-7-3-2-4-8-14/h2-10,16H,11-12,19H2,1H3. The van der Waals surface area contributed by atoms with E-state index in [1.54, 1.807) is 0 Å². The molecule has 1 atom stereocenters. The molecule has 0 amide bonds. The van der Waals surface area contributed by atoms with Crippen LogP contribution in [0.15, 0.2) is 59.0 Å². The number of rotatable bonds is 4. The predicted octanol–water partition coefficient (Wildman–Crippen LogP) is 4.03. The molecule has 0 aliphatic carbocycles. The zero-order valence-corrected chi connectivity index (χ0v) is 11.7. The molecule has 0 saturated heterocycles. The average molecular weight is 265 g/mol. The summed E-state index contributed by atoms with van der Waals surface area (Å²) in [4.78, 5) is 0. The van der Waals surface area contributed by atoms with Gasteiger partial charge in [0.25, 0.3) is 0 Å². The zero-order valence-electron chi connectivity index (χ0n) is 11.7. The van der Waals surface area contributed by atoms with Gasteiger partial charge in [0.05, 0.1) is 0 Å². The first-order chi connectivity index (χ1) is 9.78. The van der Waals surface area contributed by atoms with E-state index in [-0.39, 0.29) is 0 Å². The van der Waals surface area contributed by atoms with Crippen LogP contribution < -0.4 is 5.73 Å². The van der Waals surface area contributed by atoms with E-state index in [9.17, 15) is 0 Å². The van der Waals surface area contributed by atoms with Crippen molar-refractivity contribution in [3.63, 3.8) is 0 Å². The molecule has 0 fully saturated rings. The van der Waals surface area contributed by atoms with Crippen LogP contribution in [0.25, 0.3) is 11.0 Å². The molecule has 20 heavy (non-hydrogen) atoms. The number of aryl methyl sites for hydroxylation is 1. The van der Waals surface area contributed by atoms with E-state index in [0.717, 1.165) is 17.8 Å². The van der Waals surface area contributed by atoms with Crippen LogP contribution in [0.5, 0.6) is 0 Å². The summed E-state index contributed by atoms with van der Waals surface area (Å²) < 4.78 is 6.00. The first kappa shape index (κ1) is 12.9. The second kappa shape index (κ2) is 5.51. The molecule has 0 radical (unpaired) electrons. The minimum Gasteiger partial charge on any atom is -0.461 e. The lowest BCUT2D eigenvalue weighted by Crippen LogP contribution is -2.14. The maximum atomic E-state index is 6.00. The summed E-state index contributed by atoms with van der Waals surface area (Å²) in [7, 11) is 0. The van der Waals surface area contributed by atoms with Crippen molar-refractivity contribution >= 4 is 11.0 Å². The maximum absolute atomic E-state index is 6.00. The second-order valence-corrected chi connectivity index (χ2v) is 5.25. The highest BCUT2D eigenvalue weighted by Crippen LogP contribution is 2.26. The Morgan fingerprint density at radius 3 is 2.55 bits per heavy atom. The van der Waals surface area contributed by atoms with Gasteiger partial charge >= 0.3 is 0 Å². The number of nitrogens with two attached hydrogens (primary N) is 1. The average Bonchev–Trinajstić information content (AvgIpc) is 2.90. The van der Waals surface area contributed by atoms with Gasteiger partial charge in [0, 0.05) is 17.7 Å². The van der Waals surface area contributed by atoms with Gasteiger partial charge in [0.1, 0.15) is 11.3 Å². The molecule has 0 aliphatic heterocycles. The molecular formula is C18H19NO. The highest BCUT2D eigenvalue weighted by Gasteiger charge is 2.14. The van der Waals surface area contributed by atoms with E-state index in [0.29, 0.717) is 12.5 Å². The lowest BCUT2D eigenvalue weighted by molar-refractivity contribution is 0.517. The molecular weight excluding hydrogens is 246 g/mol. The smallest absolute Gasteiger partial charge is 0.137 e. The molecule has 0 saturated carbocycles. The van der Waals surface area contributed by atoms with Gasteiger partial charge < -0.3 is 10.2 Å². The van der Waals surface area contributed by atoms with Gasteiger partial charge in [0.2, 0.25) is 0 Å². The third kappa shape index (κ3) is 2.47. The van der Waals surface area contributed by atoms with E-state index in [1.165, 1.54) is 16.5 Å². The molecule has 1 unspecified atom stereocenters. The summed E-state index contributed by atoms with van der Waals surface area (Å²) in [6.45, 7) is 2.70. The molecule has 2 heteroatoms. The molecule has 3 rings (SSSR count). The number of benzene rings is 2. The molecule has 102 valence electrons. The van der Waals surface area contributed by atoms with Crippen molar-refractivity contribution in [2.24, 2.45) is 5.73 Å². The maximum Gasteiger partial charge on any atom is 0.137 e. The Labute approximate surface area is 119 Å². The Morgan fingerprint density at radius 1 is 1.05 bits per heavy atom. The lowest BCUT2D eigenvalue weighted by Gasteiger charge is -2.13. The Bertz CT molecular complexity index is 700. The Balaban J connectivity index is 1.90. The SMILES string of the molecule is Cc1cccc2cc(CC(CN)c3ccccc3)oc12. The van der Waals surface area contributed by atoms with Crippen LogP contribution in [0.3, 0.4) is 0 Å². The van der Waals surface area contributed by atoms with Gasteiger partial charge in [-0.3, -0.25) is 0 Å². The molecule has 2 nitrogen and oxygen atoms in total. The number of para-hydroxylation sites is 1. The Kier molecular flexibility index (Phi) is 3.57. The first-order valence-corrected chi connectivity index (χ1v) is 7.01. The summed E-state index contributed by atoms with van der Waals surface area (Å²) in [5.41, 5.74) is 9.38. The Hall–Kier alpha value is -2.06. The molecule has 1 heterocycles. The van der Waals surface area contributed by atoms with Crippen molar-refractivity contribution in [1.29, 1.82) is 0 Å². The fourth-order valence-corrected chi connectivity index (χ4v) is 2.67. The molecule has 0 bridgehead atoms. The van der Waals surface area contributed by atoms with E-state index in [1.807, 2.05) is 6.07 Å². The summed E-state index contributed by atoms with van der Waals surface area (Å²) >= 11 is 0. The predicted molar refractivity (Wildman–Crippen MR) is 82.9 cm³/mol. The first-order valence-electron chi connectivity index (χ1n) is 7.01. The molecule has 2 aromatic carbocycles. The third-order valence-corrected chi connectivity index (χ3v) is 3.80. The number of fused-ring (bicyclic) bond motifs is 1. The highest BCUT2D eigenvalue weighted by atomic mass is 16.3. The van der Waals surface area contributed by atoms with Crippen LogP contribution >= 0.6 is 0 Å². The summed E-state index contributed by atoms with van der Waals surface area (Å²) in [5, 5.41) is 1.17. The van der Waals surface area contributed by atoms with Gasteiger partial charge in [-0.2, -0.15) is 0 Å². The van der Waals surface area contributed by atoms with Crippen molar-refractivity contribution in [2.45, 2.75) is 19.3 Å². The molecule has 0 aliphatic rings. The van der Waals surface area contributed by atoms with Crippen molar-refractivity contribution in [3.05, 3.63) is 71.5 Å².